The number of carboxylic acids is 1. The van der Waals surface area contributed by atoms with Crippen LogP contribution in [-0.2, 0) is 9.53 Å². The minimum absolute atomic E-state index is 0.0278. The molecule has 162 valence electrons. The number of aliphatic hydroxyl groups is 1. The predicted molar refractivity (Wildman–Crippen MR) is 108 cm³/mol. The number of aromatic hydroxyl groups is 1. The number of carbonyl (C=O) groups is 1. The Morgan fingerprint density at radius 2 is 2.27 bits per heavy atom. The fourth-order valence-electron chi connectivity index (χ4n) is 2.31. The molecule has 1 aliphatic heterocycles. The van der Waals surface area contributed by atoms with Crippen LogP contribution in [0.3, 0.4) is 0 Å². The highest BCUT2D eigenvalue weighted by molar-refractivity contribution is 8.00. The zero-order valence-electron chi connectivity index (χ0n) is 15.8. The Kier molecular flexibility index (Phi) is 8.21. The van der Waals surface area contributed by atoms with Crippen LogP contribution in [0.2, 0.25) is 0 Å². The summed E-state index contributed by atoms with van der Waals surface area (Å²) in [5.74, 6) is -1.41. The summed E-state index contributed by atoms with van der Waals surface area (Å²) in [5.41, 5.74) is 4.76. The maximum absolute atomic E-state index is 13.1. The highest BCUT2D eigenvalue weighted by Gasteiger charge is 2.28. The van der Waals surface area contributed by atoms with E-state index in [-0.39, 0.29) is 12.4 Å². The van der Waals surface area contributed by atoms with Crippen LogP contribution in [0.5, 0.6) is 11.5 Å². The number of methoxy groups -OCH3 is 1. The van der Waals surface area contributed by atoms with Gasteiger partial charge in [-0.3, -0.25) is 4.57 Å². The number of phenolic OH excluding ortho intramolecular Hbond substituents is 1. The van der Waals surface area contributed by atoms with Crippen molar-refractivity contribution in [3.63, 3.8) is 0 Å². The molecule has 1 aromatic heterocycles. The Balaban J connectivity index is 0.000000216. The standard InChI is InChI=1S/C10H10O4.C8H10FN3O3S/c1-14-9-6-7(2-4-8(9)11)3-5-10(12)13;9-4-1-12(8(14)11-7(4)10)5-3-16-6(2-13)15-5/h2-6,11H,1H3,(H,12,13);1,5-6,13H,2-3H2,(H2,10,11,14)/b5-3-;/t;5-,6+/m.0/s1. The van der Waals surface area contributed by atoms with Crippen LogP contribution >= 0.6 is 11.8 Å². The van der Waals surface area contributed by atoms with Crippen LogP contribution in [0.15, 0.2) is 35.3 Å². The second-order valence-corrected chi connectivity index (χ2v) is 7.00. The monoisotopic (exact) mass is 441 g/mol. The molecular weight excluding hydrogens is 421 g/mol. The van der Waals surface area contributed by atoms with Gasteiger partial charge in [-0.1, -0.05) is 6.07 Å². The molecule has 10 nitrogen and oxygen atoms in total. The fraction of sp³-hybridized carbons (Fsp3) is 0.278. The molecule has 1 aromatic carbocycles. The van der Waals surface area contributed by atoms with Crippen molar-refractivity contribution in [1.82, 2.24) is 9.55 Å². The second kappa shape index (κ2) is 10.6. The number of hydrogen-bond donors (Lipinski definition) is 4. The van der Waals surface area contributed by atoms with Gasteiger partial charge in [0.05, 0.1) is 19.9 Å². The largest absolute Gasteiger partial charge is 0.504 e. The van der Waals surface area contributed by atoms with Crippen molar-refractivity contribution in [2.75, 3.05) is 25.2 Å². The zero-order valence-corrected chi connectivity index (χ0v) is 16.6. The molecule has 0 bridgehead atoms. The van der Waals surface area contributed by atoms with Crippen LogP contribution in [0.25, 0.3) is 6.08 Å². The van der Waals surface area contributed by atoms with E-state index in [0.717, 1.165) is 16.8 Å². The molecule has 0 amide bonds. The van der Waals surface area contributed by atoms with Gasteiger partial charge in [0.25, 0.3) is 0 Å². The predicted octanol–water partition coefficient (Wildman–Crippen LogP) is 1.04. The van der Waals surface area contributed by atoms with Crippen LogP contribution in [-0.4, -0.2) is 55.7 Å². The molecule has 1 aliphatic rings. The van der Waals surface area contributed by atoms with Gasteiger partial charge in [0.1, 0.15) is 11.7 Å². The number of thioether (sulfide) groups is 1. The number of rotatable bonds is 5. The molecule has 12 heteroatoms. The van der Waals surface area contributed by atoms with Crippen molar-refractivity contribution in [3.05, 3.63) is 52.3 Å². The Morgan fingerprint density at radius 3 is 2.87 bits per heavy atom. The van der Waals surface area contributed by atoms with Crippen molar-refractivity contribution in [2.24, 2.45) is 0 Å². The van der Waals surface area contributed by atoms with Crippen molar-refractivity contribution in [3.8, 4) is 11.5 Å². The summed E-state index contributed by atoms with van der Waals surface area (Å²) in [6.07, 6.45) is 2.79. The molecule has 0 saturated carbocycles. The molecular formula is C18H20FN3O7S. The van der Waals surface area contributed by atoms with E-state index >= 15 is 0 Å². The zero-order chi connectivity index (χ0) is 22.3. The first-order valence-electron chi connectivity index (χ1n) is 8.45. The Bertz CT molecular complexity index is 983. The molecule has 0 radical (unpaired) electrons. The molecule has 5 N–H and O–H groups in total. The molecule has 0 unspecified atom stereocenters. The van der Waals surface area contributed by atoms with Crippen LogP contribution in [0.4, 0.5) is 10.2 Å². The molecule has 3 rings (SSSR count). The van der Waals surface area contributed by atoms with Gasteiger partial charge in [-0.05, 0) is 23.8 Å². The van der Waals surface area contributed by atoms with Gasteiger partial charge >= 0.3 is 11.7 Å². The second-order valence-electron chi connectivity index (χ2n) is 5.80. The van der Waals surface area contributed by atoms with Gasteiger partial charge in [-0.15, -0.1) is 11.8 Å². The van der Waals surface area contributed by atoms with E-state index in [0.29, 0.717) is 17.1 Å². The number of ether oxygens (including phenoxy) is 2. The number of aliphatic hydroxyl groups excluding tert-OH is 1. The first-order valence-corrected chi connectivity index (χ1v) is 9.50. The maximum atomic E-state index is 13.1. The van der Waals surface area contributed by atoms with Crippen molar-refractivity contribution < 1.29 is 34.0 Å². The number of carboxylic acid groups (broad SMARTS) is 1. The highest BCUT2D eigenvalue weighted by atomic mass is 32.2. The summed E-state index contributed by atoms with van der Waals surface area (Å²) in [7, 11) is 1.43. The van der Waals surface area contributed by atoms with Crippen LogP contribution < -0.4 is 16.2 Å². The third-order valence-electron chi connectivity index (χ3n) is 3.75. The fourth-order valence-corrected chi connectivity index (χ4v) is 3.25. The molecule has 0 spiro atoms. The Morgan fingerprint density at radius 1 is 1.53 bits per heavy atom. The van der Waals surface area contributed by atoms with Gasteiger partial charge in [0.15, 0.2) is 23.1 Å². The number of nitrogens with two attached hydrogens (primary N) is 1. The maximum Gasteiger partial charge on any atom is 0.351 e. The number of nitrogen functional groups attached to an aromatic ring is 1. The van der Waals surface area contributed by atoms with E-state index < -0.39 is 35.0 Å². The SMILES string of the molecule is COc1cc(/C=C\C(=O)O)ccc1O.Nc1nc(=O)n([C@@H]2CS[C@H](CO)O2)cc1F. The Labute approximate surface area is 174 Å². The number of anilines is 1. The molecule has 2 heterocycles. The third kappa shape index (κ3) is 6.20. The molecule has 1 saturated heterocycles. The molecule has 1 fully saturated rings. The van der Waals surface area contributed by atoms with Gasteiger partial charge in [0.2, 0.25) is 0 Å². The number of hydrogen-bond acceptors (Lipinski definition) is 9. The van der Waals surface area contributed by atoms with Gasteiger partial charge in [0, 0.05) is 11.8 Å². The average molecular weight is 441 g/mol. The number of phenols is 1. The van der Waals surface area contributed by atoms with Crippen LogP contribution in [0, 0.1) is 5.82 Å². The molecule has 0 aliphatic carbocycles. The molecule has 30 heavy (non-hydrogen) atoms. The number of halogens is 1. The summed E-state index contributed by atoms with van der Waals surface area (Å²) in [6, 6.07) is 4.59. The van der Waals surface area contributed by atoms with E-state index in [1.165, 1.54) is 31.0 Å². The summed E-state index contributed by atoms with van der Waals surface area (Å²) >= 11 is 1.35. The van der Waals surface area contributed by atoms with Crippen molar-refractivity contribution in [2.45, 2.75) is 11.7 Å². The van der Waals surface area contributed by atoms with Gasteiger partial charge < -0.3 is 30.5 Å². The minimum Gasteiger partial charge on any atom is -0.504 e. The van der Waals surface area contributed by atoms with E-state index in [2.05, 4.69) is 4.98 Å². The van der Waals surface area contributed by atoms with Crippen LogP contribution in [0.1, 0.15) is 11.8 Å². The lowest BCUT2D eigenvalue weighted by Gasteiger charge is -2.13. The summed E-state index contributed by atoms with van der Waals surface area (Å²) in [6.45, 7) is -0.152. The lowest BCUT2D eigenvalue weighted by Crippen LogP contribution is -2.29. The molecule has 2 atom stereocenters. The lowest BCUT2D eigenvalue weighted by molar-refractivity contribution is -0.131. The van der Waals surface area contributed by atoms with Crippen molar-refractivity contribution in [1.29, 1.82) is 0 Å². The van der Waals surface area contributed by atoms with E-state index in [1.54, 1.807) is 12.1 Å². The normalized spacial score (nSPS) is 18.1. The number of aromatic nitrogens is 2. The van der Waals surface area contributed by atoms with Gasteiger partial charge in [-0.25, -0.2) is 14.0 Å². The lowest BCUT2D eigenvalue weighted by atomic mass is 10.2. The van der Waals surface area contributed by atoms with E-state index in [9.17, 15) is 19.1 Å². The number of benzene rings is 1. The third-order valence-corrected chi connectivity index (χ3v) is 4.86. The first kappa shape index (κ1) is 23.2. The topological polar surface area (TPSA) is 157 Å². The van der Waals surface area contributed by atoms with Gasteiger partial charge in [-0.2, -0.15) is 4.98 Å². The quantitative estimate of drug-likeness (QED) is 0.494. The highest BCUT2D eigenvalue weighted by Crippen LogP contribution is 2.30. The first-order chi connectivity index (χ1) is 14.2. The summed E-state index contributed by atoms with van der Waals surface area (Å²) in [5, 5.41) is 26.5. The summed E-state index contributed by atoms with van der Waals surface area (Å²) < 4.78 is 24.3. The average Bonchev–Trinajstić information content (AvgIpc) is 3.19. The van der Waals surface area contributed by atoms with E-state index in [4.69, 9.17) is 25.4 Å². The number of nitrogens with zero attached hydrogens (tertiary/aromatic N) is 2. The molecule has 2 aromatic rings. The van der Waals surface area contributed by atoms with Crippen molar-refractivity contribution >= 4 is 29.6 Å². The minimum atomic E-state index is -1.02. The Hall–Kier alpha value is -3.09. The summed E-state index contributed by atoms with van der Waals surface area (Å²) in [4.78, 5) is 25.0. The smallest absolute Gasteiger partial charge is 0.351 e. The number of aliphatic carboxylic acids is 1. The van der Waals surface area contributed by atoms with E-state index in [1.807, 2.05) is 0 Å².